The van der Waals surface area contributed by atoms with Gasteiger partial charge in [-0.2, -0.15) is 0 Å². The zero-order valence-electron chi connectivity index (χ0n) is 11.4. The van der Waals surface area contributed by atoms with Gasteiger partial charge in [0.15, 0.2) is 0 Å². The summed E-state index contributed by atoms with van der Waals surface area (Å²) >= 11 is 13.1. The van der Waals surface area contributed by atoms with Crippen LogP contribution in [-0.2, 0) is 12.8 Å². The van der Waals surface area contributed by atoms with Crippen LogP contribution in [-0.4, -0.2) is 11.8 Å². The highest BCUT2D eigenvalue weighted by molar-refractivity contribution is 7.14. The number of amides is 2. The molecule has 0 saturated heterocycles. The molecule has 22 heavy (non-hydrogen) atoms. The fourth-order valence-corrected chi connectivity index (χ4v) is 3.77. The van der Waals surface area contributed by atoms with Gasteiger partial charge in [-0.15, -0.1) is 11.3 Å². The van der Waals surface area contributed by atoms with Crippen molar-refractivity contribution in [3.63, 3.8) is 0 Å². The van der Waals surface area contributed by atoms with Crippen molar-refractivity contribution in [3.05, 3.63) is 55.2 Å². The molecule has 0 saturated carbocycles. The Labute approximate surface area is 141 Å². The summed E-state index contributed by atoms with van der Waals surface area (Å²) in [4.78, 5) is 25.9. The molecular formula is C15H12Cl2N2O2S. The molecular weight excluding hydrogens is 343 g/mol. The van der Waals surface area contributed by atoms with Gasteiger partial charge in [0.05, 0.1) is 14.9 Å². The third-order valence-electron chi connectivity index (χ3n) is 3.44. The van der Waals surface area contributed by atoms with Crippen LogP contribution in [0.25, 0.3) is 0 Å². The fraction of sp³-hybridized carbons (Fsp3) is 0.200. The summed E-state index contributed by atoms with van der Waals surface area (Å²) in [5, 5.41) is 0.658. The zero-order valence-corrected chi connectivity index (χ0v) is 13.7. The third kappa shape index (κ3) is 3.11. The van der Waals surface area contributed by atoms with Gasteiger partial charge in [-0.25, -0.2) is 0 Å². The van der Waals surface area contributed by atoms with Crippen molar-refractivity contribution >= 4 is 46.4 Å². The molecule has 2 amide bonds. The maximum absolute atomic E-state index is 12.0. The van der Waals surface area contributed by atoms with Crippen molar-refractivity contribution in [1.29, 1.82) is 0 Å². The number of thiophene rings is 1. The lowest BCUT2D eigenvalue weighted by atomic mass is 10.2. The average Bonchev–Trinajstić information content (AvgIpc) is 3.08. The zero-order chi connectivity index (χ0) is 15.7. The Bertz CT molecular complexity index is 736. The van der Waals surface area contributed by atoms with Crippen LogP contribution in [0.3, 0.4) is 0 Å². The lowest BCUT2D eigenvalue weighted by molar-refractivity contribution is 0.0849. The van der Waals surface area contributed by atoms with Crippen molar-refractivity contribution in [1.82, 2.24) is 10.9 Å². The van der Waals surface area contributed by atoms with Crippen LogP contribution in [0.5, 0.6) is 0 Å². The monoisotopic (exact) mass is 354 g/mol. The minimum absolute atomic E-state index is 0.287. The summed E-state index contributed by atoms with van der Waals surface area (Å²) in [6, 6.07) is 6.42. The Morgan fingerprint density at radius 3 is 2.50 bits per heavy atom. The molecule has 1 aromatic carbocycles. The Hall–Kier alpha value is -1.56. The third-order valence-corrected chi connectivity index (χ3v) is 5.42. The van der Waals surface area contributed by atoms with Crippen LogP contribution in [0.15, 0.2) is 24.3 Å². The number of halogens is 2. The molecule has 0 aliphatic heterocycles. The molecule has 1 aliphatic rings. The van der Waals surface area contributed by atoms with E-state index < -0.39 is 5.91 Å². The van der Waals surface area contributed by atoms with Crippen molar-refractivity contribution in [3.8, 4) is 0 Å². The van der Waals surface area contributed by atoms with Gasteiger partial charge in [-0.1, -0.05) is 23.2 Å². The number of aryl methyl sites for hydroxylation is 2. The molecule has 2 N–H and O–H groups in total. The lowest BCUT2D eigenvalue weighted by Gasteiger charge is -2.07. The summed E-state index contributed by atoms with van der Waals surface area (Å²) in [5.74, 6) is -0.760. The Balaban J connectivity index is 1.62. The Morgan fingerprint density at radius 1 is 1.00 bits per heavy atom. The number of carbonyl (C=O) groups is 2. The first-order chi connectivity index (χ1) is 10.5. The predicted octanol–water partition coefficient (Wildman–Crippen LogP) is 3.62. The maximum atomic E-state index is 12.0. The van der Waals surface area contributed by atoms with Gasteiger partial charge >= 0.3 is 0 Å². The van der Waals surface area contributed by atoms with Gasteiger partial charge < -0.3 is 0 Å². The summed E-state index contributed by atoms with van der Waals surface area (Å²) in [6.45, 7) is 0. The van der Waals surface area contributed by atoms with Crippen LogP contribution >= 0.6 is 34.5 Å². The summed E-state index contributed by atoms with van der Waals surface area (Å²) in [7, 11) is 0. The van der Waals surface area contributed by atoms with E-state index in [-0.39, 0.29) is 10.9 Å². The normalized spacial score (nSPS) is 12.8. The Kier molecular flexibility index (Phi) is 4.38. The van der Waals surface area contributed by atoms with E-state index in [2.05, 4.69) is 10.9 Å². The molecule has 1 aliphatic carbocycles. The molecule has 0 spiro atoms. The van der Waals surface area contributed by atoms with Gasteiger partial charge in [0.25, 0.3) is 11.8 Å². The highest BCUT2D eigenvalue weighted by Gasteiger charge is 2.19. The number of hydrogen-bond acceptors (Lipinski definition) is 3. The highest BCUT2D eigenvalue weighted by Crippen LogP contribution is 2.30. The minimum Gasteiger partial charge on any atom is -0.267 e. The number of hydrazine groups is 1. The maximum Gasteiger partial charge on any atom is 0.279 e. The van der Waals surface area contributed by atoms with Gasteiger partial charge in [0.1, 0.15) is 0 Å². The predicted molar refractivity (Wildman–Crippen MR) is 87.7 cm³/mol. The van der Waals surface area contributed by atoms with E-state index in [4.69, 9.17) is 23.2 Å². The molecule has 1 heterocycles. The molecule has 2 aromatic rings. The van der Waals surface area contributed by atoms with Crippen molar-refractivity contribution < 1.29 is 9.59 Å². The highest BCUT2D eigenvalue weighted by atomic mass is 35.5. The van der Waals surface area contributed by atoms with E-state index in [9.17, 15) is 9.59 Å². The molecule has 3 rings (SSSR count). The van der Waals surface area contributed by atoms with Gasteiger partial charge in [0, 0.05) is 10.4 Å². The van der Waals surface area contributed by atoms with Gasteiger partial charge in [0.2, 0.25) is 0 Å². The van der Waals surface area contributed by atoms with Crippen LogP contribution < -0.4 is 10.9 Å². The molecule has 4 nitrogen and oxygen atoms in total. The average molecular weight is 355 g/mol. The molecule has 7 heteroatoms. The fourth-order valence-electron chi connectivity index (χ4n) is 2.33. The van der Waals surface area contributed by atoms with Crippen LogP contribution in [0.4, 0.5) is 0 Å². The second kappa shape index (κ2) is 6.28. The molecule has 1 aromatic heterocycles. The first kappa shape index (κ1) is 15.3. The molecule has 0 fully saturated rings. The summed E-state index contributed by atoms with van der Waals surface area (Å²) in [6.07, 6.45) is 3.20. The topological polar surface area (TPSA) is 58.2 Å². The summed E-state index contributed by atoms with van der Waals surface area (Å²) < 4.78 is 0. The second-order valence-electron chi connectivity index (χ2n) is 4.95. The number of nitrogens with one attached hydrogen (secondary N) is 2. The summed E-state index contributed by atoms with van der Waals surface area (Å²) in [5.41, 5.74) is 6.36. The van der Waals surface area contributed by atoms with E-state index in [1.807, 2.05) is 6.07 Å². The quantitative estimate of drug-likeness (QED) is 0.809. The van der Waals surface area contributed by atoms with Crippen LogP contribution in [0.1, 0.15) is 36.9 Å². The SMILES string of the molecule is O=C(NNC(=O)c1cc2c(s1)CCC2)c1ccc(Cl)c(Cl)c1. The minimum atomic E-state index is -0.448. The number of hydrogen-bond donors (Lipinski definition) is 2. The number of benzene rings is 1. The number of rotatable bonds is 2. The second-order valence-corrected chi connectivity index (χ2v) is 6.90. The van der Waals surface area contributed by atoms with Gasteiger partial charge in [-0.05, 0) is 49.1 Å². The van der Waals surface area contributed by atoms with Crippen molar-refractivity contribution in [2.45, 2.75) is 19.3 Å². The van der Waals surface area contributed by atoms with Gasteiger partial charge in [-0.3, -0.25) is 20.4 Å². The number of fused-ring (bicyclic) bond motifs is 1. The molecule has 114 valence electrons. The van der Waals surface area contributed by atoms with Crippen molar-refractivity contribution in [2.24, 2.45) is 0 Å². The largest absolute Gasteiger partial charge is 0.279 e. The standard InChI is InChI=1S/C15H12Cl2N2O2S/c16-10-5-4-9(6-11(10)17)14(20)18-19-15(21)13-7-8-2-1-3-12(8)22-13/h4-7H,1-3H2,(H,18,20)(H,19,21). The van der Waals surface area contributed by atoms with E-state index in [0.717, 1.165) is 19.3 Å². The smallest absolute Gasteiger partial charge is 0.267 e. The Morgan fingerprint density at radius 2 is 1.77 bits per heavy atom. The first-order valence-electron chi connectivity index (χ1n) is 6.72. The molecule has 0 atom stereocenters. The van der Waals surface area contributed by atoms with E-state index >= 15 is 0 Å². The van der Waals surface area contributed by atoms with E-state index in [1.54, 1.807) is 0 Å². The first-order valence-corrected chi connectivity index (χ1v) is 8.29. The van der Waals surface area contributed by atoms with Crippen molar-refractivity contribution in [2.75, 3.05) is 0 Å². The number of carbonyl (C=O) groups excluding carboxylic acids is 2. The lowest BCUT2D eigenvalue weighted by Crippen LogP contribution is -2.41. The molecule has 0 radical (unpaired) electrons. The van der Waals surface area contributed by atoms with Crippen LogP contribution in [0, 0.1) is 0 Å². The molecule has 0 unspecified atom stereocenters. The van der Waals surface area contributed by atoms with Crippen LogP contribution in [0.2, 0.25) is 10.0 Å². The van der Waals surface area contributed by atoms with E-state index in [1.165, 1.54) is 40.0 Å². The molecule has 0 bridgehead atoms. The van der Waals surface area contributed by atoms with E-state index in [0.29, 0.717) is 15.5 Å².